The summed E-state index contributed by atoms with van der Waals surface area (Å²) in [5, 5.41) is 9.44. The number of sulfone groups is 1. The molecule has 1 aromatic heterocycles. The first-order valence-electron chi connectivity index (χ1n) is 7.86. The molecule has 1 heterocycles. The molecule has 0 spiro atoms. The van der Waals surface area contributed by atoms with E-state index in [9.17, 15) is 13.5 Å². The van der Waals surface area contributed by atoms with Crippen LogP contribution in [0, 0.1) is 0 Å². The monoisotopic (exact) mass is 384 g/mol. The Hall–Kier alpha value is -1.77. The lowest BCUT2D eigenvalue weighted by Crippen LogP contribution is -2.37. The molecule has 0 saturated heterocycles. The van der Waals surface area contributed by atoms with E-state index in [1.54, 1.807) is 18.2 Å². The third-order valence-corrected chi connectivity index (χ3v) is 4.97. The SMILES string of the molecule is CCCN(c1nc(Cl)nc(-c2ccccc2S(C)(=O)=O)n1)[C@@H](C)CO. The smallest absolute Gasteiger partial charge is 0.230 e. The standard InChI is InChI=1S/C16H21ClN4O3S/c1-4-9-21(11(2)10-22)16-19-14(18-15(17)20-16)12-7-5-6-8-13(12)25(3,23)24/h5-8,11,22H,4,9-10H2,1-3H3/t11-/m0/s1. The zero-order valence-electron chi connectivity index (χ0n) is 14.3. The number of aliphatic hydroxyl groups excluding tert-OH is 1. The van der Waals surface area contributed by atoms with Crippen molar-refractivity contribution in [2.45, 2.75) is 31.2 Å². The Morgan fingerprint density at radius 3 is 2.52 bits per heavy atom. The van der Waals surface area contributed by atoms with E-state index in [1.807, 2.05) is 18.7 Å². The van der Waals surface area contributed by atoms with Crippen LogP contribution in [0.3, 0.4) is 0 Å². The predicted molar refractivity (Wildman–Crippen MR) is 97.6 cm³/mol. The topological polar surface area (TPSA) is 96.3 Å². The van der Waals surface area contributed by atoms with Crippen molar-refractivity contribution in [2.24, 2.45) is 0 Å². The fourth-order valence-electron chi connectivity index (χ4n) is 2.42. The third-order valence-electron chi connectivity index (χ3n) is 3.64. The van der Waals surface area contributed by atoms with Crippen LogP contribution < -0.4 is 4.90 Å². The van der Waals surface area contributed by atoms with Gasteiger partial charge in [0.15, 0.2) is 15.7 Å². The molecule has 0 unspecified atom stereocenters. The van der Waals surface area contributed by atoms with Crippen LogP contribution in [-0.2, 0) is 9.84 Å². The van der Waals surface area contributed by atoms with Gasteiger partial charge < -0.3 is 10.0 Å². The molecule has 9 heteroatoms. The van der Waals surface area contributed by atoms with Crippen molar-refractivity contribution in [3.63, 3.8) is 0 Å². The zero-order valence-corrected chi connectivity index (χ0v) is 15.9. The van der Waals surface area contributed by atoms with Crippen molar-refractivity contribution in [1.29, 1.82) is 0 Å². The Morgan fingerprint density at radius 2 is 1.92 bits per heavy atom. The van der Waals surface area contributed by atoms with Gasteiger partial charge in [0.1, 0.15) is 0 Å². The Kier molecular flexibility index (Phi) is 6.31. The molecular weight excluding hydrogens is 364 g/mol. The molecule has 0 fully saturated rings. The molecule has 7 nitrogen and oxygen atoms in total. The van der Waals surface area contributed by atoms with E-state index in [2.05, 4.69) is 15.0 Å². The summed E-state index contributed by atoms with van der Waals surface area (Å²) in [6.07, 6.45) is 1.95. The summed E-state index contributed by atoms with van der Waals surface area (Å²) < 4.78 is 24.1. The second-order valence-electron chi connectivity index (χ2n) is 5.72. The summed E-state index contributed by atoms with van der Waals surface area (Å²) >= 11 is 6.06. The van der Waals surface area contributed by atoms with Crippen LogP contribution in [0.1, 0.15) is 20.3 Å². The van der Waals surface area contributed by atoms with E-state index >= 15 is 0 Å². The molecule has 1 aromatic carbocycles. The summed E-state index contributed by atoms with van der Waals surface area (Å²) in [6, 6.07) is 6.27. The summed E-state index contributed by atoms with van der Waals surface area (Å²) in [5.74, 6) is 0.490. The minimum atomic E-state index is -3.46. The maximum atomic E-state index is 12.0. The summed E-state index contributed by atoms with van der Waals surface area (Å²) in [7, 11) is -3.46. The highest BCUT2D eigenvalue weighted by atomic mass is 35.5. The first kappa shape index (κ1) is 19.6. The van der Waals surface area contributed by atoms with E-state index < -0.39 is 9.84 Å². The van der Waals surface area contributed by atoms with Crippen LogP contribution in [0.2, 0.25) is 5.28 Å². The fraction of sp³-hybridized carbons (Fsp3) is 0.438. The zero-order chi connectivity index (χ0) is 18.6. The number of anilines is 1. The maximum Gasteiger partial charge on any atom is 0.230 e. The first-order chi connectivity index (χ1) is 11.8. The van der Waals surface area contributed by atoms with Crippen LogP contribution >= 0.6 is 11.6 Å². The highest BCUT2D eigenvalue weighted by Crippen LogP contribution is 2.27. The van der Waals surface area contributed by atoms with E-state index in [1.165, 1.54) is 6.07 Å². The Morgan fingerprint density at radius 1 is 1.24 bits per heavy atom. The number of halogens is 1. The van der Waals surface area contributed by atoms with Crippen molar-refractivity contribution in [3.8, 4) is 11.4 Å². The van der Waals surface area contributed by atoms with Gasteiger partial charge in [0.05, 0.1) is 17.5 Å². The molecule has 0 aliphatic heterocycles. The lowest BCUT2D eigenvalue weighted by atomic mass is 10.2. The molecule has 2 rings (SSSR count). The number of hydrogen-bond donors (Lipinski definition) is 1. The molecule has 0 radical (unpaired) electrons. The van der Waals surface area contributed by atoms with Gasteiger partial charge >= 0.3 is 0 Å². The van der Waals surface area contributed by atoms with Gasteiger partial charge in [-0.15, -0.1) is 0 Å². The Bertz CT molecular complexity index is 845. The molecule has 2 aromatic rings. The van der Waals surface area contributed by atoms with Crippen molar-refractivity contribution < 1.29 is 13.5 Å². The summed E-state index contributed by atoms with van der Waals surface area (Å²) in [6.45, 7) is 4.39. The van der Waals surface area contributed by atoms with Gasteiger partial charge in [0, 0.05) is 18.4 Å². The quantitative estimate of drug-likeness (QED) is 0.781. The summed E-state index contributed by atoms with van der Waals surface area (Å²) in [5.41, 5.74) is 0.364. The van der Waals surface area contributed by atoms with Crippen LogP contribution in [0.15, 0.2) is 29.2 Å². The van der Waals surface area contributed by atoms with Crippen molar-refractivity contribution in [1.82, 2.24) is 15.0 Å². The average Bonchev–Trinajstić information content (AvgIpc) is 2.57. The van der Waals surface area contributed by atoms with Gasteiger partial charge in [-0.3, -0.25) is 0 Å². The molecule has 0 aliphatic rings. The number of benzene rings is 1. The van der Waals surface area contributed by atoms with E-state index in [-0.39, 0.29) is 28.7 Å². The molecule has 0 amide bonds. The maximum absolute atomic E-state index is 12.0. The lowest BCUT2D eigenvalue weighted by molar-refractivity contribution is 0.265. The Balaban J connectivity index is 2.61. The van der Waals surface area contributed by atoms with Gasteiger partial charge in [-0.05, 0) is 37.1 Å². The van der Waals surface area contributed by atoms with Gasteiger partial charge in [-0.25, -0.2) is 8.42 Å². The van der Waals surface area contributed by atoms with Gasteiger partial charge in [0.2, 0.25) is 11.2 Å². The number of rotatable bonds is 7. The molecule has 25 heavy (non-hydrogen) atoms. The Labute approximate surface area is 152 Å². The highest BCUT2D eigenvalue weighted by molar-refractivity contribution is 7.90. The first-order valence-corrected chi connectivity index (χ1v) is 10.1. The largest absolute Gasteiger partial charge is 0.394 e. The molecule has 1 N–H and O–H groups in total. The molecule has 136 valence electrons. The number of nitrogens with zero attached hydrogens (tertiary/aromatic N) is 4. The van der Waals surface area contributed by atoms with Crippen molar-refractivity contribution >= 4 is 27.4 Å². The third kappa shape index (κ3) is 4.65. The normalized spacial score (nSPS) is 12.8. The number of aromatic nitrogens is 3. The number of aliphatic hydroxyl groups is 1. The van der Waals surface area contributed by atoms with Crippen molar-refractivity contribution in [2.75, 3.05) is 24.3 Å². The summed E-state index contributed by atoms with van der Waals surface area (Å²) in [4.78, 5) is 14.6. The second kappa shape index (κ2) is 8.07. The predicted octanol–water partition coefficient (Wildman–Crippen LogP) is 2.19. The molecule has 0 saturated carbocycles. The number of hydrogen-bond acceptors (Lipinski definition) is 7. The van der Waals surface area contributed by atoms with Crippen molar-refractivity contribution in [3.05, 3.63) is 29.5 Å². The van der Waals surface area contributed by atoms with Gasteiger partial charge in [-0.2, -0.15) is 15.0 Å². The molecular formula is C16H21ClN4O3S. The van der Waals surface area contributed by atoms with Gasteiger partial charge in [0.25, 0.3) is 0 Å². The average molecular weight is 385 g/mol. The van der Waals surface area contributed by atoms with Crippen LogP contribution in [0.5, 0.6) is 0 Å². The molecule has 0 bridgehead atoms. The van der Waals surface area contributed by atoms with Crippen LogP contribution in [0.25, 0.3) is 11.4 Å². The van der Waals surface area contributed by atoms with Crippen LogP contribution in [0.4, 0.5) is 5.95 Å². The second-order valence-corrected chi connectivity index (χ2v) is 8.04. The molecule has 1 atom stereocenters. The molecule has 0 aliphatic carbocycles. The van der Waals surface area contributed by atoms with Gasteiger partial charge in [-0.1, -0.05) is 19.1 Å². The lowest BCUT2D eigenvalue weighted by Gasteiger charge is -2.27. The van der Waals surface area contributed by atoms with E-state index in [4.69, 9.17) is 11.6 Å². The fourth-order valence-corrected chi connectivity index (χ4v) is 3.46. The highest BCUT2D eigenvalue weighted by Gasteiger charge is 2.21. The van der Waals surface area contributed by atoms with Crippen LogP contribution in [-0.4, -0.2) is 53.9 Å². The van der Waals surface area contributed by atoms with E-state index in [0.717, 1.165) is 12.7 Å². The minimum Gasteiger partial charge on any atom is -0.394 e. The minimum absolute atomic E-state index is 0.0328. The van der Waals surface area contributed by atoms with E-state index in [0.29, 0.717) is 18.1 Å².